The van der Waals surface area contributed by atoms with E-state index in [9.17, 15) is 0 Å². The van der Waals surface area contributed by atoms with Gasteiger partial charge in [0.15, 0.2) is 5.82 Å². The molecule has 5 nitrogen and oxygen atoms in total. The summed E-state index contributed by atoms with van der Waals surface area (Å²) < 4.78 is 1.45. The Morgan fingerprint density at radius 3 is 2.38 bits per heavy atom. The number of tetrazole rings is 1. The van der Waals surface area contributed by atoms with Crippen molar-refractivity contribution in [2.45, 2.75) is 0 Å². The van der Waals surface area contributed by atoms with Crippen molar-refractivity contribution < 1.29 is 0 Å². The second-order valence-electron chi connectivity index (χ2n) is 4.22. The molecular formula is C13H8Cl3N5. The molecule has 1 heterocycles. The highest BCUT2D eigenvalue weighted by atomic mass is 35.5. The van der Waals surface area contributed by atoms with Gasteiger partial charge in [-0.1, -0.05) is 40.9 Å². The summed E-state index contributed by atoms with van der Waals surface area (Å²) in [6.45, 7) is 0. The highest BCUT2D eigenvalue weighted by Gasteiger charge is 2.17. The third-order valence-corrected chi connectivity index (χ3v) is 3.72. The molecule has 8 heteroatoms. The van der Waals surface area contributed by atoms with Gasteiger partial charge < -0.3 is 5.73 Å². The summed E-state index contributed by atoms with van der Waals surface area (Å²) in [6.07, 6.45) is 0. The molecule has 0 unspecified atom stereocenters. The highest BCUT2D eigenvalue weighted by Crippen LogP contribution is 2.33. The second kappa shape index (κ2) is 5.52. The van der Waals surface area contributed by atoms with E-state index >= 15 is 0 Å². The highest BCUT2D eigenvalue weighted by molar-refractivity contribution is 6.37. The summed E-state index contributed by atoms with van der Waals surface area (Å²) in [7, 11) is 0. The molecule has 0 aliphatic rings. The molecule has 0 fully saturated rings. The van der Waals surface area contributed by atoms with Crippen molar-refractivity contribution in [1.29, 1.82) is 0 Å². The van der Waals surface area contributed by atoms with Gasteiger partial charge in [0.1, 0.15) is 5.69 Å². The monoisotopic (exact) mass is 339 g/mol. The number of hydrogen-bond acceptors (Lipinski definition) is 4. The molecular weight excluding hydrogens is 333 g/mol. The number of rotatable bonds is 2. The van der Waals surface area contributed by atoms with Gasteiger partial charge in [0.25, 0.3) is 0 Å². The minimum Gasteiger partial charge on any atom is -0.398 e. The van der Waals surface area contributed by atoms with Crippen LogP contribution in [0.1, 0.15) is 0 Å². The molecule has 3 rings (SSSR count). The maximum Gasteiger partial charge on any atom is 0.189 e. The minimum atomic E-state index is 0.430. The Bertz CT molecular complexity index is 795. The van der Waals surface area contributed by atoms with Gasteiger partial charge >= 0.3 is 0 Å². The maximum absolute atomic E-state index is 6.19. The molecule has 1 aromatic heterocycles. The number of halogens is 3. The lowest BCUT2D eigenvalue weighted by atomic mass is 10.1. The zero-order chi connectivity index (χ0) is 15.0. The fourth-order valence-corrected chi connectivity index (χ4v) is 2.67. The van der Waals surface area contributed by atoms with E-state index in [1.54, 1.807) is 36.4 Å². The number of benzene rings is 2. The fraction of sp³-hybridized carbons (Fsp3) is 0. The third-order valence-electron chi connectivity index (χ3n) is 2.87. The predicted molar refractivity (Wildman–Crippen MR) is 84.0 cm³/mol. The molecule has 0 aliphatic carbocycles. The van der Waals surface area contributed by atoms with Gasteiger partial charge in [-0.3, -0.25) is 0 Å². The molecule has 2 aromatic carbocycles. The molecule has 106 valence electrons. The Morgan fingerprint density at radius 2 is 1.71 bits per heavy atom. The van der Waals surface area contributed by atoms with Crippen molar-refractivity contribution in [2.24, 2.45) is 0 Å². The summed E-state index contributed by atoms with van der Waals surface area (Å²) in [4.78, 5) is 0. The molecule has 2 N–H and O–H groups in total. The number of anilines is 1. The van der Waals surface area contributed by atoms with Gasteiger partial charge in [0.2, 0.25) is 0 Å². The molecule has 0 amide bonds. The first-order valence-corrected chi connectivity index (χ1v) is 6.99. The second-order valence-corrected chi connectivity index (χ2v) is 5.47. The topological polar surface area (TPSA) is 69.6 Å². The molecule has 21 heavy (non-hydrogen) atoms. The van der Waals surface area contributed by atoms with Crippen LogP contribution in [0.2, 0.25) is 15.1 Å². The van der Waals surface area contributed by atoms with Gasteiger partial charge in [-0.2, -0.15) is 4.68 Å². The molecule has 0 aliphatic heterocycles. The number of nitrogens with two attached hydrogens (primary N) is 1. The van der Waals surface area contributed by atoms with Crippen LogP contribution in [0.3, 0.4) is 0 Å². The van der Waals surface area contributed by atoms with Crippen LogP contribution in [-0.2, 0) is 0 Å². The fourth-order valence-electron chi connectivity index (χ4n) is 1.93. The van der Waals surface area contributed by atoms with E-state index in [4.69, 9.17) is 40.5 Å². The van der Waals surface area contributed by atoms with Crippen molar-refractivity contribution in [3.63, 3.8) is 0 Å². The average Bonchev–Trinajstić information content (AvgIpc) is 2.87. The number of aromatic nitrogens is 4. The van der Waals surface area contributed by atoms with Crippen LogP contribution in [-0.4, -0.2) is 20.2 Å². The average molecular weight is 341 g/mol. The lowest BCUT2D eigenvalue weighted by molar-refractivity contribution is 0.791. The smallest absolute Gasteiger partial charge is 0.189 e. The molecule has 0 atom stereocenters. The van der Waals surface area contributed by atoms with E-state index in [-0.39, 0.29) is 0 Å². The van der Waals surface area contributed by atoms with Crippen molar-refractivity contribution in [1.82, 2.24) is 20.2 Å². The van der Waals surface area contributed by atoms with Crippen LogP contribution >= 0.6 is 34.8 Å². The first kappa shape index (κ1) is 14.1. The maximum atomic E-state index is 6.19. The lowest BCUT2D eigenvalue weighted by Crippen LogP contribution is -2.03. The van der Waals surface area contributed by atoms with Crippen LogP contribution in [0.5, 0.6) is 0 Å². The van der Waals surface area contributed by atoms with Crippen molar-refractivity contribution >= 4 is 40.5 Å². The Labute approximate surface area is 135 Å². The van der Waals surface area contributed by atoms with Gasteiger partial charge in [0, 0.05) is 16.3 Å². The van der Waals surface area contributed by atoms with E-state index in [1.807, 2.05) is 0 Å². The summed E-state index contributed by atoms with van der Waals surface area (Å²) >= 11 is 18.3. The first-order valence-electron chi connectivity index (χ1n) is 5.86. The van der Waals surface area contributed by atoms with Gasteiger partial charge in [-0.25, -0.2) is 0 Å². The van der Waals surface area contributed by atoms with E-state index < -0.39 is 0 Å². The van der Waals surface area contributed by atoms with E-state index in [0.29, 0.717) is 37.8 Å². The molecule has 0 spiro atoms. The Morgan fingerprint density at radius 1 is 1.00 bits per heavy atom. The van der Waals surface area contributed by atoms with E-state index in [2.05, 4.69) is 15.5 Å². The van der Waals surface area contributed by atoms with E-state index in [0.717, 1.165) is 0 Å². The number of nitrogen functional groups attached to an aromatic ring is 1. The minimum absolute atomic E-state index is 0.430. The standard InChI is InChI=1S/C13H8Cl3N5/c14-7-4-5-8(11(17)6-7)13-18-19-20-21(13)12-9(15)2-1-3-10(12)16/h1-6H,17H2. The Hall–Kier alpha value is -1.82. The molecule has 0 radical (unpaired) electrons. The summed E-state index contributed by atoms with van der Waals surface area (Å²) in [5.74, 6) is 0.430. The quantitative estimate of drug-likeness (QED) is 0.719. The van der Waals surface area contributed by atoms with Crippen LogP contribution in [0.4, 0.5) is 5.69 Å². The lowest BCUT2D eigenvalue weighted by Gasteiger charge is -2.10. The Kier molecular flexibility index (Phi) is 3.71. The molecule has 0 saturated heterocycles. The first-order chi connectivity index (χ1) is 10.1. The number of nitrogens with zero attached hydrogens (tertiary/aromatic N) is 4. The predicted octanol–water partition coefficient (Wildman–Crippen LogP) is 3.87. The van der Waals surface area contributed by atoms with Crippen LogP contribution in [0.15, 0.2) is 36.4 Å². The largest absolute Gasteiger partial charge is 0.398 e. The normalized spacial score (nSPS) is 10.8. The summed E-state index contributed by atoms with van der Waals surface area (Å²) in [6, 6.07) is 10.2. The number of para-hydroxylation sites is 1. The van der Waals surface area contributed by atoms with Gasteiger partial charge in [-0.15, -0.1) is 5.10 Å². The Balaban J connectivity index is 2.22. The van der Waals surface area contributed by atoms with Crippen molar-refractivity contribution in [3.8, 4) is 17.1 Å². The van der Waals surface area contributed by atoms with Crippen LogP contribution in [0, 0.1) is 0 Å². The molecule has 0 bridgehead atoms. The third kappa shape index (κ3) is 2.55. The summed E-state index contributed by atoms with van der Waals surface area (Å²) in [5.41, 5.74) is 7.57. The number of hydrogen-bond donors (Lipinski definition) is 1. The molecule has 0 saturated carbocycles. The zero-order valence-corrected chi connectivity index (χ0v) is 12.7. The van der Waals surface area contributed by atoms with Gasteiger partial charge in [0.05, 0.1) is 10.0 Å². The zero-order valence-electron chi connectivity index (χ0n) is 10.5. The SMILES string of the molecule is Nc1cc(Cl)ccc1-c1nnnn1-c1c(Cl)cccc1Cl. The van der Waals surface area contributed by atoms with Crippen LogP contribution in [0.25, 0.3) is 17.1 Å². The van der Waals surface area contributed by atoms with Crippen molar-refractivity contribution in [2.75, 3.05) is 5.73 Å². The van der Waals surface area contributed by atoms with Crippen LogP contribution < -0.4 is 5.73 Å². The van der Waals surface area contributed by atoms with Crippen molar-refractivity contribution in [3.05, 3.63) is 51.5 Å². The molecule has 3 aromatic rings. The van der Waals surface area contributed by atoms with E-state index in [1.165, 1.54) is 4.68 Å². The van der Waals surface area contributed by atoms with Gasteiger partial charge in [-0.05, 0) is 40.8 Å². The summed E-state index contributed by atoms with van der Waals surface area (Å²) in [5, 5.41) is 13.0.